The molecule has 0 unspecified atom stereocenters. The summed E-state index contributed by atoms with van der Waals surface area (Å²) in [4.78, 5) is 55.5. The average Bonchev–Trinajstić information content (AvgIpc) is 3.03. The van der Waals surface area contributed by atoms with Crippen LogP contribution in [0.3, 0.4) is 0 Å². The Morgan fingerprint density at radius 2 is 1.38 bits per heavy atom. The molecule has 0 radical (unpaired) electrons. The molecule has 8 heteroatoms. The molecule has 3 aromatic rings. The van der Waals surface area contributed by atoms with Crippen LogP contribution in [0, 0.1) is 11.8 Å². The Bertz CT molecular complexity index is 1420. The van der Waals surface area contributed by atoms with Crippen LogP contribution >= 0.6 is 0 Å². The van der Waals surface area contributed by atoms with Gasteiger partial charge in [0.15, 0.2) is 11.6 Å². The van der Waals surface area contributed by atoms with Gasteiger partial charge in [0, 0.05) is 18.9 Å². The molecule has 0 aliphatic heterocycles. The van der Waals surface area contributed by atoms with Crippen molar-refractivity contribution in [2.45, 2.75) is 78.4 Å². The highest BCUT2D eigenvalue weighted by atomic mass is 16.6. The number of ketones is 2. The van der Waals surface area contributed by atoms with Gasteiger partial charge in [-0.05, 0) is 68.7 Å². The van der Waals surface area contributed by atoms with E-state index in [1.54, 1.807) is 32.9 Å². The summed E-state index contributed by atoms with van der Waals surface area (Å²) in [5.41, 5.74) is 1.18. The summed E-state index contributed by atoms with van der Waals surface area (Å²) >= 11 is 0. The van der Waals surface area contributed by atoms with Crippen LogP contribution < -0.4 is 10.1 Å². The first-order chi connectivity index (χ1) is 22.3. The van der Waals surface area contributed by atoms with E-state index < -0.39 is 23.7 Å². The van der Waals surface area contributed by atoms with Crippen LogP contribution in [0.1, 0.15) is 71.4 Å². The quantitative estimate of drug-likeness (QED) is 0.170. The summed E-state index contributed by atoms with van der Waals surface area (Å²) < 4.78 is 11.4. The maximum atomic E-state index is 13.9. The predicted molar refractivity (Wildman–Crippen MR) is 184 cm³/mol. The number of para-hydroxylation sites is 1. The second-order valence-electron chi connectivity index (χ2n) is 13.6. The van der Waals surface area contributed by atoms with E-state index in [0.29, 0.717) is 18.6 Å². The van der Waals surface area contributed by atoms with Crippen LogP contribution in [0.5, 0.6) is 5.75 Å². The lowest BCUT2D eigenvalue weighted by molar-refractivity contribution is -0.133. The third kappa shape index (κ3) is 13.4. The fourth-order valence-corrected chi connectivity index (χ4v) is 5.26. The summed E-state index contributed by atoms with van der Waals surface area (Å²) in [7, 11) is 0. The maximum absolute atomic E-state index is 13.9. The number of benzene rings is 3. The number of Topliss-reactive ketones (excluding diaryl/α,β-unsaturated/α-hetero) is 2. The van der Waals surface area contributed by atoms with Crippen molar-refractivity contribution < 1.29 is 28.7 Å². The first-order valence-electron chi connectivity index (χ1n) is 16.4. The summed E-state index contributed by atoms with van der Waals surface area (Å²) in [6.45, 7) is 11.2. The first kappa shape index (κ1) is 37.0. The maximum Gasteiger partial charge on any atom is 0.410 e. The SMILES string of the molecule is CC(C)C[C@@H](NC(=O)[C@H](CC(=O)CN(C[C@H](C)c1ccccc1)C(=O)OC(C)(C)C)Cc1ccccc1)C(=O)COc1ccccc1. The molecule has 0 fully saturated rings. The van der Waals surface area contributed by atoms with E-state index in [1.807, 2.05) is 99.6 Å². The van der Waals surface area contributed by atoms with Gasteiger partial charge in [0.2, 0.25) is 5.91 Å². The van der Waals surface area contributed by atoms with E-state index >= 15 is 0 Å². The van der Waals surface area contributed by atoms with Gasteiger partial charge < -0.3 is 19.7 Å². The zero-order chi connectivity index (χ0) is 34.4. The van der Waals surface area contributed by atoms with Gasteiger partial charge in [-0.2, -0.15) is 0 Å². The summed E-state index contributed by atoms with van der Waals surface area (Å²) in [5, 5.41) is 2.95. The minimum Gasteiger partial charge on any atom is -0.486 e. The normalized spacial score (nSPS) is 13.3. The van der Waals surface area contributed by atoms with Crippen LogP contribution in [-0.4, -0.2) is 59.8 Å². The Balaban J connectivity index is 1.78. The van der Waals surface area contributed by atoms with Crippen molar-refractivity contribution in [3.8, 4) is 5.75 Å². The van der Waals surface area contributed by atoms with Gasteiger partial charge in [0.05, 0.1) is 12.6 Å². The van der Waals surface area contributed by atoms with Gasteiger partial charge in [0.25, 0.3) is 0 Å². The van der Waals surface area contributed by atoms with Gasteiger partial charge in [-0.3, -0.25) is 14.4 Å². The van der Waals surface area contributed by atoms with Crippen LogP contribution in [-0.2, 0) is 25.5 Å². The minimum absolute atomic E-state index is 0.0548. The molecule has 3 aromatic carbocycles. The number of carbonyl (C=O) groups is 4. The molecule has 0 aliphatic carbocycles. The number of hydrogen-bond donors (Lipinski definition) is 1. The molecule has 47 heavy (non-hydrogen) atoms. The second kappa shape index (κ2) is 18.0. The summed E-state index contributed by atoms with van der Waals surface area (Å²) in [5.74, 6) is -1.01. The fourth-order valence-electron chi connectivity index (χ4n) is 5.26. The largest absolute Gasteiger partial charge is 0.486 e. The lowest BCUT2D eigenvalue weighted by Crippen LogP contribution is -2.47. The number of amides is 2. The Kier molecular flexibility index (Phi) is 14.2. The van der Waals surface area contributed by atoms with Gasteiger partial charge in [-0.15, -0.1) is 0 Å². The molecule has 2 amide bonds. The van der Waals surface area contributed by atoms with Crippen LogP contribution in [0.15, 0.2) is 91.0 Å². The number of hydrogen-bond acceptors (Lipinski definition) is 6. The van der Waals surface area contributed by atoms with Crippen LogP contribution in [0.25, 0.3) is 0 Å². The third-order valence-corrected chi connectivity index (χ3v) is 7.59. The predicted octanol–water partition coefficient (Wildman–Crippen LogP) is 7.02. The molecular weight excluding hydrogens is 592 g/mol. The molecule has 0 aromatic heterocycles. The van der Waals surface area contributed by atoms with Gasteiger partial charge >= 0.3 is 6.09 Å². The van der Waals surface area contributed by atoms with Gasteiger partial charge in [-0.1, -0.05) is 99.6 Å². The highest BCUT2D eigenvalue weighted by Crippen LogP contribution is 2.21. The van der Waals surface area contributed by atoms with Gasteiger partial charge in [-0.25, -0.2) is 4.79 Å². The van der Waals surface area contributed by atoms with Crippen molar-refractivity contribution in [3.05, 3.63) is 102 Å². The monoisotopic (exact) mass is 642 g/mol. The number of rotatable bonds is 17. The Hall–Kier alpha value is -4.46. The lowest BCUT2D eigenvalue weighted by atomic mass is 9.91. The molecule has 0 aliphatic rings. The van der Waals surface area contributed by atoms with Crippen LogP contribution in [0.4, 0.5) is 4.79 Å². The Labute approximate surface area is 279 Å². The molecule has 0 bridgehead atoms. The number of nitrogens with zero attached hydrogens (tertiary/aromatic N) is 1. The van der Waals surface area contributed by atoms with Crippen molar-refractivity contribution in [1.29, 1.82) is 0 Å². The molecule has 8 nitrogen and oxygen atoms in total. The number of nitrogens with one attached hydrogen (secondary N) is 1. The fraction of sp³-hybridized carbons (Fsp3) is 0.436. The smallest absolute Gasteiger partial charge is 0.410 e. The molecule has 0 spiro atoms. The molecule has 0 saturated heterocycles. The highest BCUT2D eigenvalue weighted by Gasteiger charge is 2.31. The van der Waals surface area contributed by atoms with Crippen molar-refractivity contribution in [2.24, 2.45) is 11.8 Å². The first-order valence-corrected chi connectivity index (χ1v) is 16.4. The molecule has 1 N–H and O–H groups in total. The van der Waals surface area contributed by atoms with E-state index in [2.05, 4.69) is 5.32 Å². The number of ether oxygens (including phenoxy) is 2. The van der Waals surface area contributed by atoms with E-state index in [1.165, 1.54) is 4.90 Å². The average molecular weight is 643 g/mol. The zero-order valence-electron chi connectivity index (χ0n) is 28.6. The summed E-state index contributed by atoms with van der Waals surface area (Å²) in [6.07, 6.45) is 0.0362. The van der Waals surface area contributed by atoms with Crippen molar-refractivity contribution in [1.82, 2.24) is 10.2 Å². The molecule has 0 saturated carbocycles. The topological polar surface area (TPSA) is 102 Å². The Morgan fingerprint density at radius 1 is 0.809 bits per heavy atom. The van der Waals surface area contributed by atoms with E-state index in [0.717, 1.165) is 11.1 Å². The lowest BCUT2D eigenvalue weighted by Gasteiger charge is -2.29. The minimum atomic E-state index is -0.774. The van der Waals surface area contributed by atoms with Crippen molar-refractivity contribution >= 4 is 23.6 Å². The highest BCUT2D eigenvalue weighted by molar-refractivity contribution is 5.93. The van der Waals surface area contributed by atoms with Crippen molar-refractivity contribution in [3.63, 3.8) is 0 Å². The zero-order valence-corrected chi connectivity index (χ0v) is 28.6. The molecule has 0 heterocycles. The molecular formula is C39H50N2O6. The Morgan fingerprint density at radius 3 is 1.96 bits per heavy atom. The van der Waals surface area contributed by atoms with E-state index in [9.17, 15) is 19.2 Å². The van der Waals surface area contributed by atoms with Gasteiger partial charge in [0.1, 0.15) is 18.0 Å². The van der Waals surface area contributed by atoms with E-state index in [4.69, 9.17) is 9.47 Å². The third-order valence-electron chi connectivity index (χ3n) is 7.59. The summed E-state index contributed by atoms with van der Waals surface area (Å²) in [6, 6.07) is 27.5. The standard InChI is InChI=1S/C39H50N2O6/c1-28(2)22-35(36(43)27-46-34-20-14-9-15-21-34)40-37(44)32(23-30-16-10-7-11-17-30)24-33(42)26-41(38(45)47-39(4,5)6)25-29(3)31-18-12-8-13-19-31/h7-21,28-29,32,35H,22-27H2,1-6H3,(H,40,44)/t29-,32-,35+/m0/s1. The molecule has 252 valence electrons. The number of carbonyl (C=O) groups excluding carboxylic acids is 4. The second-order valence-corrected chi connectivity index (χ2v) is 13.6. The van der Waals surface area contributed by atoms with Crippen molar-refractivity contribution in [2.75, 3.05) is 19.7 Å². The van der Waals surface area contributed by atoms with Crippen LogP contribution in [0.2, 0.25) is 0 Å². The molecule has 3 atom stereocenters. The molecule has 3 rings (SSSR count). The van der Waals surface area contributed by atoms with E-state index in [-0.39, 0.29) is 55.4 Å².